The van der Waals surface area contributed by atoms with Crippen molar-refractivity contribution in [2.24, 2.45) is 20.0 Å². The smallest absolute Gasteiger partial charge is 0.295 e. The Labute approximate surface area is 117 Å². The molecule has 1 atom stereocenters. The van der Waals surface area contributed by atoms with Gasteiger partial charge in [-0.3, -0.25) is 9.13 Å². The molecule has 1 aromatic heterocycles. The van der Waals surface area contributed by atoms with Crippen molar-refractivity contribution >= 4 is 22.6 Å². The number of hydrogen-bond donors (Lipinski definition) is 0. The fourth-order valence-corrected chi connectivity index (χ4v) is 3.26. The van der Waals surface area contributed by atoms with E-state index in [-0.39, 0.29) is 11.1 Å². The van der Waals surface area contributed by atoms with Gasteiger partial charge in [0.1, 0.15) is 0 Å². The van der Waals surface area contributed by atoms with E-state index >= 15 is 0 Å². The summed E-state index contributed by atoms with van der Waals surface area (Å²) in [6.45, 7) is 0. The second kappa shape index (κ2) is 4.71. The van der Waals surface area contributed by atoms with Crippen LogP contribution in [0.15, 0.2) is 23.0 Å². The molecule has 0 aliphatic heterocycles. The molecule has 1 fully saturated rings. The molecule has 102 valence electrons. The number of aromatic nitrogens is 2. The molecule has 1 aliphatic carbocycles. The van der Waals surface area contributed by atoms with Crippen molar-refractivity contribution in [2.75, 3.05) is 0 Å². The molecule has 1 saturated carbocycles. The van der Waals surface area contributed by atoms with Crippen LogP contribution < -0.4 is 5.69 Å². The molecule has 0 saturated heterocycles. The van der Waals surface area contributed by atoms with Crippen molar-refractivity contribution in [3.8, 4) is 0 Å². The maximum Gasteiger partial charge on any atom is 0.328 e. The SMILES string of the molecule is Cn1c(=O)n(C)c2cc(C(Cl)CC3CCC3)ccc21. The molecular formula is C15H19ClN2O. The first kappa shape index (κ1) is 12.8. The molecule has 0 spiro atoms. The van der Waals surface area contributed by atoms with Gasteiger partial charge in [-0.1, -0.05) is 25.3 Å². The Morgan fingerprint density at radius 1 is 1.26 bits per heavy atom. The molecule has 1 unspecified atom stereocenters. The molecule has 1 aromatic carbocycles. The second-order valence-corrected chi connectivity index (χ2v) is 6.18. The zero-order valence-electron chi connectivity index (χ0n) is 11.4. The summed E-state index contributed by atoms with van der Waals surface area (Å²) in [4.78, 5) is 11.9. The monoisotopic (exact) mass is 278 g/mol. The fourth-order valence-electron chi connectivity index (χ4n) is 2.88. The molecule has 0 amide bonds. The first-order valence-corrected chi connectivity index (χ1v) is 7.31. The number of imidazole rings is 1. The third-order valence-electron chi connectivity index (χ3n) is 4.42. The van der Waals surface area contributed by atoms with Gasteiger partial charge in [0.2, 0.25) is 0 Å². The van der Waals surface area contributed by atoms with Gasteiger partial charge in [0.05, 0.1) is 16.4 Å². The molecule has 3 rings (SSSR count). The second-order valence-electron chi connectivity index (χ2n) is 5.65. The summed E-state index contributed by atoms with van der Waals surface area (Å²) < 4.78 is 3.36. The summed E-state index contributed by atoms with van der Waals surface area (Å²) >= 11 is 6.52. The normalized spacial score (nSPS) is 17.6. The van der Waals surface area contributed by atoms with Gasteiger partial charge in [-0.05, 0) is 30.0 Å². The van der Waals surface area contributed by atoms with Crippen LogP contribution in [0.3, 0.4) is 0 Å². The lowest BCUT2D eigenvalue weighted by Gasteiger charge is -2.27. The zero-order valence-corrected chi connectivity index (χ0v) is 12.2. The summed E-state index contributed by atoms with van der Waals surface area (Å²) in [6, 6.07) is 6.12. The molecule has 1 heterocycles. The molecule has 0 N–H and O–H groups in total. The van der Waals surface area contributed by atoms with E-state index in [2.05, 4.69) is 12.1 Å². The molecule has 0 bridgehead atoms. The van der Waals surface area contributed by atoms with E-state index in [9.17, 15) is 4.79 Å². The zero-order chi connectivity index (χ0) is 13.6. The lowest BCUT2D eigenvalue weighted by molar-refractivity contribution is 0.293. The molecule has 0 radical (unpaired) electrons. The number of aryl methyl sites for hydroxylation is 2. The van der Waals surface area contributed by atoms with Crippen LogP contribution in [0.5, 0.6) is 0 Å². The number of nitrogens with zero attached hydrogens (tertiary/aromatic N) is 2. The molecule has 1 aliphatic rings. The van der Waals surface area contributed by atoms with Crippen LogP contribution in [0.25, 0.3) is 11.0 Å². The van der Waals surface area contributed by atoms with E-state index < -0.39 is 0 Å². The van der Waals surface area contributed by atoms with Gasteiger partial charge in [0.25, 0.3) is 0 Å². The summed E-state index contributed by atoms with van der Waals surface area (Å²) in [5, 5.41) is 0.0602. The Hall–Kier alpha value is -1.22. The summed E-state index contributed by atoms with van der Waals surface area (Å²) in [5.41, 5.74) is 3.06. The minimum Gasteiger partial charge on any atom is -0.295 e. The van der Waals surface area contributed by atoms with Crippen LogP contribution in [-0.2, 0) is 14.1 Å². The van der Waals surface area contributed by atoms with Crippen molar-refractivity contribution in [1.82, 2.24) is 9.13 Å². The number of hydrogen-bond acceptors (Lipinski definition) is 1. The fraction of sp³-hybridized carbons (Fsp3) is 0.533. The van der Waals surface area contributed by atoms with Crippen LogP contribution in [0.1, 0.15) is 36.6 Å². The van der Waals surface area contributed by atoms with E-state index in [1.165, 1.54) is 19.3 Å². The predicted molar refractivity (Wildman–Crippen MR) is 78.7 cm³/mol. The van der Waals surface area contributed by atoms with Crippen LogP contribution in [0.2, 0.25) is 0 Å². The van der Waals surface area contributed by atoms with E-state index in [0.29, 0.717) is 0 Å². The van der Waals surface area contributed by atoms with Gasteiger partial charge in [-0.15, -0.1) is 11.6 Å². The highest BCUT2D eigenvalue weighted by Gasteiger charge is 2.22. The highest BCUT2D eigenvalue weighted by Crippen LogP contribution is 2.38. The van der Waals surface area contributed by atoms with Gasteiger partial charge >= 0.3 is 5.69 Å². The van der Waals surface area contributed by atoms with Gasteiger partial charge in [0.15, 0.2) is 0 Å². The average Bonchev–Trinajstić information content (AvgIpc) is 2.58. The van der Waals surface area contributed by atoms with Crippen molar-refractivity contribution < 1.29 is 0 Å². The summed E-state index contributed by atoms with van der Waals surface area (Å²) in [6.07, 6.45) is 5.03. The Morgan fingerprint density at radius 3 is 2.58 bits per heavy atom. The van der Waals surface area contributed by atoms with Crippen molar-refractivity contribution in [3.63, 3.8) is 0 Å². The van der Waals surface area contributed by atoms with Gasteiger partial charge in [0, 0.05) is 14.1 Å². The number of fused-ring (bicyclic) bond motifs is 1. The van der Waals surface area contributed by atoms with Crippen LogP contribution in [-0.4, -0.2) is 9.13 Å². The number of halogens is 1. The molecule has 19 heavy (non-hydrogen) atoms. The molecule has 3 nitrogen and oxygen atoms in total. The maximum absolute atomic E-state index is 11.9. The third kappa shape index (κ3) is 2.10. The molecular weight excluding hydrogens is 260 g/mol. The van der Waals surface area contributed by atoms with Crippen LogP contribution >= 0.6 is 11.6 Å². The average molecular weight is 279 g/mol. The largest absolute Gasteiger partial charge is 0.328 e. The van der Waals surface area contributed by atoms with Gasteiger partial charge < -0.3 is 0 Å². The highest BCUT2D eigenvalue weighted by atomic mass is 35.5. The standard InChI is InChI=1S/C15H19ClN2O/c1-17-13-7-6-11(9-14(13)18(2)15(17)19)12(16)8-10-4-3-5-10/h6-7,9-10,12H,3-5,8H2,1-2H3. The molecule has 2 aromatic rings. The van der Waals surface area contributed by atoms with Gasteiger partial charge in [-0.25, -0.2) is 4.79 Å². The first-order valence-electron chi connectivity index (χ1n) is 6.87. The highest BCUT2D eigenvalue weighted by molar-refractivity contribution is 6.20. The topological polar surface area (TPSA) is 26.9 Å². The minimum absolute atomic E-state index is 0.0114. The van der Waals surface area contributed by atoms with E-state index in [1.807, 2.05) is 13.1 Å². The first-order chi connectivity index (χ1) is 9.08. The number of alkyl halides is 1. The minimum atomic E-state index is 0.0114. The van der Waals surface area contributed by atoms with Crippen LogP contribution in [0.4, 0.5) is 0 Å². The maximum atomic E-state index is 11.9. The van der Waals surface area contributed by atoms with Crippen molar-refractivity contribution in [1.29, 1.82) is 0 Å². The Kier molecular flexibility index (Phi) is 3.17. The summed E-state index contributed by atoms with van der Waals surface area (Å²) in [7, 11) is 3.61. The van der Waals surface area contributed by atoms with Crippen molar-refractivity contribution in [3.05, 3.63) is 34.2 Å². The van der Waals surface area contributed by atoms with E-state index in [0.717, 1.165) is 28.9 Å². The van der Waals surface area contributed by atoms with E-state index in [1.54, 1.807) is 16.2 Å². The Morgan fingerprint density at radius 2 is 1.95 bits per heavy atom. The quantitative estimate of drug-likeness (QED) is 0.791. The Bertz CT molecular complexity index is 667. The Balaban J connectivity index is 1.96. The van der Waals surface area contributed by atoms with Crippen molar-refractivity contribution in [2.45, 2.75) is 31.1 Å². The number of benzene rings is 1. The number of rotatable bonds is 3. The third-order valence-corrected chi connectivity index (χ3v) is 4.85. The predicted octanol–water partition coefficient (Wildman–Crippen LogP) is 3.35. The lowest BCUT2D eigenvalue weighted by Crippen LogP contribution is -2.19. The van der Waals surface area contributed by atoms with Crippen LogP contribution in [0, 0.1) is 5.92 Å². The lowest BCUT2D eigenvalue weighted by atomic mass is 9.81. The van der Waals surface area contributed by atoms with E-state index in [4.69, 9.17) is 11.6 Å². The molecule has 4 heteroatoms. The van der Waals surface area contributed by atoms with Gasteiger partial charge in [-0.2, -0.15) is 0 Å². The summed E-state index contributed by atoms with van der Waals surface area (Å²) in [5.74, 6) is 0.790.